The molecule has 1 aromatic carbocycles. The predicted octanol–water partition coefficient (Wildman–Crippen LogP) is 4.63. The molecule has 0 spiro atoms. The lowest BCUT2D eigenvalue weighted by Gasteiger charge is -2.29. The van der Waals surface area contributed by atoms with Gasteiger partial charge in [0.1, 0.15) is 11.5 Å². The summed E-state index contributed by atoms with van der Waals surface area (Å²) in [6.07, 6.45) is 2.06. The Morgan fingerprint density at radius 1 is 1.27 bits per heavy atom. The predicted molar refractivity (Wildman–Crippen MR) is 126 cm³/mol. The van der Waals surface area contributed by atoms with Gasteiger partial charge >= 0.3 is 0 Å². The molecule has 0 saturated carbocycles. The van der Waals surface area contributed by atoms with Gasteiger partial charge < -0.3 is 9.15 Å². The van der Waals surface area contributed by atoms with Gasteiger partial charge in [-0.1, -0.05) is 11.3 Å². The molecule has 1 amide bonds. The lowest BCUT2D eigenvalue weighted by molar-refractivity contribution is 0.0391. The van der Waals surface area contributed by atoms with Crippen molar-refractivity contribution < 1.29 is 13.9 Å². The summed E-state index contributed by atoms with van der Waals surface area (Å²) in [7, 11) is 0. The fourth-order valence-electron chi connectivity index (χ4n) is 3.47. The average molecular weight is 468 g/mol. The van der Waals surface area contributed by atoms with Crippen LogP contribution < -0.4 is 4.90 Å². The normalized spacial score (nSPS) is 14.6. The third kappa shape index (κ3) is 5.00. The van der Waals surface area contributed by atoms with Crippen LogP contribution in [0.1, 0.15) is 21.9 Å². The second-order valence-corrected chi connectivity index (χ2v) is 8.96. The second-order valence-electron chi connectivity index (χ2n) is 7.07. The molecular weight excluding hydrogens is 442 g/mol. The van der Waals surface area contributed by atoms with Gasteiger partial charge in [-0.25, -0.2) is 4.98 Å². The minimum absolute atomic E-state index is 0. The second kappa shape index (κ2) is 10.2. The molecule has 0 atom stereocenters. The van der Waals surface area contributed by atoms with Crippen molar-refractivity contribution in [3.63, 3.8) is 0 Å². The molecule has 1 saturated heterocycles. The van der Waals surface area contributed by atoms with Crippen molar-refractivity contribution in [2.45, 2.75) is 18.7 Å². The smallest absolute Gasteiger partial charge is 0.263 e. The van der Waals surface area contributed by atoms with E-state index >= 15 is 0 Å². The number of furan rings is 1. The Bertz CT molecular complexity index is 1010. The maximum Gasteiger partial charge on any atom is 0.263 e. The van der Waals surface area contributed by atoms with Gasteiger partial charge in [0.2, 0.25) is 0 Å². The molecular formula is C21H26ClN3O3S2. The summed E-state index contributed by atoms with van der Waals surface area (Å²) in [5.74, 6) is 1.33. The molecule has 3 aromatic rings. The zero-order chi connectivity index (χ0) is 20.4. The highest BCUT2D eigenvalue weighted by Gasteiger charge is 2.25. The van der Waals surface area contributed by atoms with Gasteiger partial charge in [-0.2, -0.15) is 0 Å². The van der Waals surface area contributed by atoms with Crippen LogP contribution in [-0.2, 0) is 4.74 Å². The molecule has 9 heteroatoms. The molecule has 6 nitrogen and oxygen atoms in total. The summed E-state index contributed by atoms with van der Waals surface area (Å²) < 4.78 is 12.1. The van der Waals surface area contributed by atoms with E-state index in [1.54, 1.807) is 28.0 Å². The number of fused-ring (bicyclic) bond motifs is 1. The van der Waals surface area contributed by atoms with Crippen LogP contribution in [0.4, 0.5) is 5.13 Å². The van der Waals surface area contributed by atoms with Gasteiger partial charge in [0, 0.05) is 31.1 Å². The highest BCUT2D eigenvalue weighted by atomic mass is 35.5. The number of hydrogen-bond donors (Lipinski definition) is 0. The molecule has 0 bridgehead atoms. The number of anilines is 1. The van der Waals surface area contributed by atoms with E-state index in [9.17, 15) is 4.79 Å². The van der Waals surface area contributed by atoms with E-state index in [4.69, 9.17) is 14.1 Å². The van der Waals surface area contributed by atoms with Crippen LogP contribution >= 0.6 is 35.5 Å². The number of nitrogens with zero attached hydrogens (tertiary/aromatic N) is 3. The number of carbonyl (C=O) groups is 1. The van der Waals surface area contributed by atoms with Gasteiger partial charge in [-0.05, 0) is 44.4 Å². The molecule has 162 valence electrons. The van der Waals surface area contributed by atoms with E-state index in [1.165, 1.54) is 4.90 Å². The van der Waals surface area contributed by atoms with Crippen molar-refractivity contribution in [2.75, 3.05) is 50.5 Å². The standard InChI is InChI=1S/C21H25N3O3S2.ClH/c1-14-12-17(15(2)27-14)20(25)24(7-6-23-8-10-26-11-9-23)21-22-18-5-4-16(28-3)13-19(18)29-21;/h4-5,12-13H,6-11H2,1-3H3;1H. The monoisotopic (exact) mass is 467 g/mol. The molecule has 3 heterocycles. The number of morpholine rings is 1. The zero-order valence-electron chi connectivity index (χ0n) is 17.3. The Balaban J connectivity index is 0.00000256. The number of hydrogen-bond acceptors (Lipinski definition) is 7. The van der Waals surface area contributed by atoms with E-state index in [-0.39, 0.29) is 18.3 Å². The summed E-state index contributed by atoms with van der Waals surface area (Å²) in [5.41, 5.74) is 1.53. The number of carbonyl (C=O) groups excluding carboxylic acids is 1. The van der Waals surface area contributed by atoms with Crippen LogP contribution in [0.5, 0.6) is 0 Å². The molecule has 1 fully saturated rings. The highest BCUT2D eigenvalue weighted by molar-refractivity contribution is 7.98. The van der Waals surface area contributed by atoms with E-state index < -0.39 is 0 Å². The number of halogens is 1. The molecule has 0 N–H and O–H groups in total. The fourth-order valence-corrected chi connectivity index (χ4v) is 5.02. The molecule has 30 heavy (non-hydrogen) atoms. The number of benzene rings is 1. The number of ether oxygens (including phenoxy) is 1. The first-order valence-electron chi connectivity index (χ1n) is 9.69. The van der Waals surface area contributed by atoms with Crippen LogP contribution in [0.3, 0.4) is 0 Å². The van der Waals surface area contributed by atoms with Crippen LogP contribution in [0.15, 0.2) is 33.6 Å². The van der Waals surface area contributed by atoms with Crippen molar-refractivity contribution in [1.29, 1.82) is 0 Å². The van der Waals surface area contributed by atoms with Crippen molar-refractivity contribution in [3.05, 3.63) is 41.3 Å². The maximum atomic E-state index is 13.4. The summed E-state index contributed by atoms with van der Waals surface area (Å²) >= 11 is 3.27. The molecule has 4 rings (SSSR count). The fraction of sp³-hybridized carbons (Fsp3) is 0.429. The first-order valence-corrected chi connectivity index (χ1v) is 11.7. The minimum atomic E-state index is -0.0586. The van der Waals surface area contributed by atoms with Crippen LogP contribution in [0.25, 0.3) is 10.2 Å². The number of aromatic nitrogens is 1. The summed E-state index contributed by atoms with van der Waals surface area (Å²) in [4.78, 5) is 23.5. The number of rotatable bonds is 6. The van der Waals surface area contributed by atoms with Crippen LogP contribution in [-0.4, -0.2) is 61.4 Å². The average Bonchev–Trinajstić information content (AvgIpc) is 3.30. The van der Waals surface area contributed by atoms with Crippen LogP contribution in [0.2, 0.25) is 0 Å². The number of thioether (sulfide) groups is 1. The molecule has 2 aromatic heterocycles. The first kappa shape index (κ1) is 23.1. The van der Waals surface area contributed by atoms with Gasteiger partial charge in [-0.15, -0.1) is 24.2 Å². The molecule has 1 aliphatic heterocycles. The Morgan fingerprint density at radius 3 is 2.70 bits per heavy atom. The summed E-state index contributed by atoms with van der Waals surface area (Å²) in [5, 5.41) is 0.731. The number of thiazole rings is 1. The van der Waals surface area contributed by atoms with E-state index in [0.29, 0.717) is 17.9 Å². The van der Waals surface area contributed by atoms with E-state index in [2.05, 4.69) is 23.3 Å². The Morgan fingerprint density at radius 2 is 2.03 bits per heavy atom. The molecule has 0 unspecified atom stereocenters. The Hall–Kier alpha value is -1.58. The third-order valence-corrected chi connectivity index (χ3v) is 6.84. The van der Waals surface area contributed by atoms with Gasteiger partial charge in [0.15, 0.2) is 5.13 Å². The minimum Gasteiger partial charge on any atom is -0.466 e. The van der Waals surface area contributed by atoms with Crippen molar-refractivity contribution in [2.24, 2.45) is 0 Å². The first-order chi connectivity index (χ1) is 14.0. The van der Waals surface area contributed by atoms with Gasteiger partial charge in [0.25, 0.3) is 5.91 Å². The number of amides is 1. The Kier molecular flexibility index (Phi) is 7.81. The lowest BCUT2D eigenvalue weighted by Crippen LogP contribution is -2.43. The Labute approximate surface area is 191 Å². The van der Waals surface area contributed by atoms with Gasteiger partial charge in [-0.3, -0.25) is 14.6 Å². The molecule has 0 radical (unpaired) electrons. The molecule has 1 aliphatic rings. The zero-order valence-corrected chi connectivity index (χ0v) is 19.8. The van der Waals surface area contributed by atoms with Gasteiger partial charge in [0.05, 0.1) is 29.0 Å². The van der Waals surface area contributed by atoms with Crippen molar-refractivity contribution in [3.8, 4) is 0 Å². The topological polar surface area (TPSA) is 58.8 Å². The summed E-state index contributed by atoms with van der Waals surface area (Å²) in [6, 6.07) is 8.05. The lowest BCUT2D eigenvalue weighted by atomic mass is 10.2. The van der Waals surface area contributed by atoms with E-state index in [0.717, 1.165) is 54.0 Å². The highest BCUT2D eigenvalue weighted by Crippen LogP contribution is 2.32. The quantitative estimate of drug-likeness (QED) is 0.492. The summed E-state index contributed by atoms with van der Waals surface area (Å²) in [6.45, 7) is 8.34. The largest absolute Gasteiger partial charge is 0.466 e. The third-order valence-electron chi connectivity index (χ3n) is 5.08. The van der Waals surface area contributed by atoms with Crippen molar-refractivity contribution >= 4 is 56.8 Å². The van der Waals surface area contributed by atoms with E-state index in [1.807, 2.05) is 26.0 Å². The maximum absolute atomic E-state index is 13.4. The van der Waals surface area contributed by atoms with Crippen molar-refractivity contribution in [1.82, 2.24) is 9.88 Å². The molecule has 0 aliphatic carbocycles. The number of aryl methyl sites for hydroxylation is 2. The van der Waals surface area contributed by atoms with Crippen LogP contribution in [0, 0.1) is 13.8 Å². The SMILES string of the molecule is CSc1ccc2nc(N(CCN3CCOCC3)C(=O)c3cc(C)oc3C)sc2c1.Cl.